The van der Waals surface area contributed by atoms with Gasteiger partial charge in [0.1, 0.15) is 0 Å². The second-order valence-corrected chi connectivity index (χ2v) is 3.26. The molecule has 1 saturated heterocycles. The van der Waals surface area contributed by atoms with E-state index in [0.29, 0.717) is 6.04 Å². The topological polar surface area (TPSA) is 49.8 Å². The molecule has 0 saturated carbocycles. The Hall–Kier alpha value is -1.03. The first kappa shape index (κ1) is 7.61. The van der Waals surface area contributed by atoms with Crippen LogP contribution in [0.5, 0.6) is 0 Å². The van der Waals surface area contributed by atoms with Crippen molar-refractivity contribution in [1.82, 2.24) is 15.1 Å². The van der Waals surface area contributed by atoms with Gasteiger partial charge in [-0.15, -0.1) is 0 Å². The number of aryl methyl sites for hydroxylation is 1. The highest BCUT2D eigenvalue weighted by Crippen LogP contribution is 2.19. The van der Waals surface area contributed by atoms with Gasteiger partial charge in [-0.25, -0.2) is 0 Å². The standard InChI is InChI=1S/C8H13N3O/c1-11-8(12)5-7(10-11)6-3-2-4-9-6/h5-6,9-10H,2-4H2,1H3/t6-/m0/s1. The third kappa shape index (κ3) is 1.18. The van der Waals surface area contributed by atoms with Crippen molar-refractivity contribution in [2.45, 2.75) is 18.9 Å². The number of H-pyrrole nitrogens is 1. The maximum absolute atomic E-state index is 11.1. The van der Waals surface area contributed by atoms with Crippen molar-refractivity contribution in [3.63, 3.8) is 0 Å². The van der Waals surface area contributed by atoms with Gasteiger partial charge in [0, 0.05) is 19.2 Å². The number of nitrogens with zero attached hydrogens (tertiary/aromatic N) is 1. The third-order valence-electron chi connectivity index (χ3n) is 2.34. The van der Waals surface area contributed by atoms with Crippen LogP contribution in [0.1, 0.15) is 24.6 Å². The first-order valence-corrected chi connectivity index (χ1v) is 4.27. The van der Waals surface area contributed by atoms with Crippen LogP contribution in [-0.2, 0) is 7.05 Å². The quantitative estimate of drug-likeness (QED) is 0.625. The van der Waals surface area contributed by atoms with Crippen molar-refractivity contribution in [2.24, 2.45) is 7.05 Å². The summed E-state index contributed by atoms with van der Waals surface area (Å²) < 4.78 is 1.51. The largest absolute Gasteiger partial charge is 0.309 e. The summed E-state index contributed by atoms with van der Waals surface area (Å²) in [7, 11) is 1.74. The van der Waals surface area contributed by atoms with Gasteiger partial charge < -0.3 is 5.32 Å². The number of aromatic nitrogens is 2. The van der Waals surface area contributed by atoms with E-state index in [1.807, 2.05) is 0 Å². The summed E-state index contributed by atoms with van der Waals surface area (Å²) in [6, 6.07) is 2.03. The van der Waals surface area contributed by atoms with Crippen molar-refractivity contribution < 1.29 is 0 Å². The molecule has 2 N–H and O–H groups in total. The molecule has 0 aromatic carbocycles. The molecule has 1 aliphatic heterocycles. The highest BCUT2D eigenvalue weighted by atomic mass is 16.1. The van der Waals surface area contributed by atoms with Crippen LogP contribution >= 0.6 is 0 Å². The van der Waals surface area contributed by atoms with Crippen LogP contribution in [0.4, 0.5) is 0 Å². The average Bonchev–Trinajstić information content (AvgIpc) is 2.61. The highest BCUT2D eigenvalue weighted by molar-refractivity contribution is 5.07. The average molecular weight is 167 g/mol. The van der Waals surface area contributed by atoms with Crippen molar-refractivity contribution in [2.75, 3.05) is 6.54 Å². The van der Waals surface area contributed by atoms with E-state index in [1.165, 1.54) is 11.1 Å². The molecule has 2 rings (SSSR count). The predicted octanol–water partition coefficient (Wildman–Crippen LogP) is 0.138. The molecule has 0 aliphatic carbocycles. The normalized spacial score (nSPS) is 23.2. The van der Waals surface area contributed by atoms with Crippen LogP contribution in [0, 0.1) is 0 Å². The van der Waals surface area contributed by atoms with E-state index in [2.05, 4.69) is 10.4 Å². The minimum absolute atomic E-state index is 0.0405. The summed E-state index contributed by atoms with van der Waals surface area (Å²) in [5.74, 6) is 0. The number of aromatic amines is 1. The van der Waals surface area contributed by atoms with Gasteiger partial charge in [-0.1, -0.05) is 0 Å². The minimum atomic E-state index is 0.0405. The zero-order valence-electron chi connectivity index (χ0n) is 7.13. The lowest BCUT2D eigenvalue weighted by Gasteiger charge is -2.05. The molecule has 4 nitrogen and oxygen atoms in total. The van der Waals surface area contributed by atoms with Gasteiger partial charge >= 0.3 is 0 Å². The molecular weight excluding hydrogens is 154 g/mol. The Morgan fingerprint density at radius 3 is 3.00 bits per heavy atom. The lowest BCUT2D eigenvalue weighted by molar-refractivity contribution is 0.604. The molecule has 1 aromatic heterocycles. The van der Waals surface area contributed by atoms with Crippen LogP contribution in [0.15, 0.2) is 10.9 Å². The van der Waals surface area contributed by atoms with Crippen molar-refractivity contribution >= 4 is 0 Å². The Bertz CT molecular complexity index is 319. The number of rotatable bonds is 1. The maximum Gasteiger partial charge on any atom is 0.266 e. The Labute approximate surface area is 70.6 Å². The molecule has 0 radical (unpaired) electrons. The minimum Gasteiger partial charge on any atom is -0.309 e. The van der Waals surface area contributed by atoms with E-state index < -0.39 is 0 Å². The van der Waals surface area contributed by atoms with E-state index in [-0.39, 0.29) is 5.56 Å². The van der Waals surface area contributed by atoms with E-state index in [1.54, 1.807) is 13.1 Å². The summed E-state index contributed by atoms with van der Waals surface area (Å²) >= 11 is 0. The van der Waals surface area contributed by atoms with Crippen LogP contribution in [-0.4, -0.2) is 16.3 Å². The molecule has 0 unspecified atom stereocenters. The van der Waals surface area contributed by atoms with E-state index >= 15 is 0 Å². The monoisotopic (exact) mass is 167 g/mol. The smallest absolute Gasteiger partial charge is 0.266 e. The molecule has 2 heterocycles. The molecule has 4 heteroatoms. The lowest BCUT2D eigenvalue weighted by Crippen LogP contribution is -2.13. The molecule has 1 atom stereocenters. The van der Waals surface area contributed by atoms with Gasteiger partial charge in [0.25, 0.3) is 5.56 Å². The molecule has 0 bridgehead atoms. The summed E-state index contributed by atoms with van der Waals surface area (Å²) in [6.45, 7) is 1.06. The summed E-state index contributed by atoms with van der Waals surface area (Å²) in [5.41, 5.74) is 1.05. The van der Waals surface area contributed by atoms with Gasteiger partial charge in [0.2, 0.25) is 0 Å². The number of nitrogens with one attached hydrogen (secondary N) is 2. The fraction of sp³-hybridized carbons (Fsp3) is 0.625. The zero-order chi connectivity index (χ0) is 8.55. The number of hydrogen-bond acceptors (Lipinski definition) is 2. The summed E-state index contributed by atoms with van der Waals surface area (Å²) in [5, 5.41) is 6.36. The van der Waals surface area contributed by atoms with E-state index in [9.17, 15) is 4.79 Å². The fourth-order valence-electron chi connectivity index (χ4n) is 1.64. The summed E-state index contributed by atoms with van der Waals surface area (Å²) in [6.07, 6.45) is 2.32. The Kier molecular flexibility index (Phi) is 1.77. The molecule has 0 amide bonds. The Balaban J connectivity index is 2.27. The number of hydrogen-bond donors (Lipinski definition) is 2. The third-order valence-corrected chi connectivity index (χ3v) is 2.34. The van der Waals surface area contributed by atoms with Gasteiger partial charge in [0.15, 0.2) is 0 Å². The molecule has 12 heavy (non-hydrogen) atoms. The second-order valence-electron chi connectivity index (χ2n) is 3.26. The maximum atomic E-state index is 11.1. The zero-order valence-corrected chi connectivity index (χ0v) is 7.13. The first-order chi connectivity index (χ1) is 5.77. The van der Waals surface area contributed by atoms with Gasteiger partial charge in [-0.3, -0.25) is 14.6 Å². The van der Waals surface area contributed by atoms with Crippen molar-refractivity contribution in [3.05, 3.63) is 22.1 Å². The molecule has 66 valence electrons. The van der Waals surface area contributed by atoms with Crippen molar-refractivity contribution in [1.29, 1.82) is 0 Å². The molecule has 0 spiro atoms. The molecule has 1 aliphatic rings. The fourth-order valence-corrected chi connectivity index (χ4v) is 1.64. The van der Waals surface area contributed by atoms with Gasteiger partial charge in [-0.05, 0) is 19.4 Å². The van der Waals surface area contributed by atoms with Gasteiger partial charge in [-0.2, -0.15) is 0 Å². The SMILES string of the molecule is Cn1[nH]c([C@@H]2CCCN2)cc1=O. The Morgan fingerprint density at radius 2 is 2.50 bits per heavy atom. The van der Waals surface area contributed by atoms with E-state index in [0.717, 1.165) is 18.7 Å². The van der Waals surface area contributed by atoms with Crippen LogP contribution in [0.2, 0.25) is 0 Å². The second kappa shape index (κ2) is 2.79. The Morgan fingerprint density at radius 1 is 1.67 bits per heavy atom. The molecular formula is C8H13N3O. The lowest BCUT2D eigenvalue weighted by atomic mass is 10.2. The van der Waals surface area contributed by atoms with Crippen molar-refractivity contribution in [3.8, 4) is 0 Å². The van der Waals surface area contributed by atoms with E-state index in [4.69, 9.17) is 0 Å². The van der Waals surface area contributed by atoms with Crippen LogP contribution in [0.25, 0.3) is 0 Å². The van der Waals surface area contributed by atoms with Crippen LogP contribution in [0.3, 0.4) is 0 Å². The van der Waals surface area contributed by atoms with Gasteiger partial charge in [0.05, 0.1) is 5.69 Å². The predicted molar refractivity (Wildman–Crippen MR) is 46.0 cm³/mol. The first-order valence-electron chi connectivity index (χ1n) is 4.27. The highest BCUT2D eigenvalue weighted by Gasteiger charge is 2.17. The van der Waals surface area contributed by atoms with Crippen LogP contribution < -0.4 is 10.9 Å². The summed E-state index contributed by atoms with van der Waals surface area (Å²) in [4.78, 5) is 11.1. The molecule has 1 fully saturated rings. The molecule has 1 aromatic rings.